The van der Waals surface area contributed by atoms with Crippen molar-refractivity contribution in [1.82, 2.24) is 4.90 Å². The molecule has 2 aromatic carbocycles. The Kier molecular flexibility index (Phi) is 5.14. The van der Waals surface area contributed by atoms with Gasteiger partial charge in [-0.3, -0.25) is 14.5 Å². The number of fused-ring (bicyclic) bond motifs is 1. The standard InChI is InChI=1S/C20H22N2O3/c1-14-6-5-9-17(10-14)21-19(23)13-22-12-16-8-4-3-7-15(16)11-18(22)20(24)25-2/h3-10,18H,11-13H2,1-2H3,(H,21,23)/t18-/m1/s1. The van der Waals surface area contributed by atoms with Gasteiger partial charge < -0.3 is 10.1 Å². The zero-order valence-corrected chi connectivity index (χ0v) is 14.5. The number of esters is 1. The van der Waals surface area contributed by atoms with Crippen molar-refractivity contribution in [2.45, 2.75) is 25.9 Å². The summed E-state index contributed by atoms with van der Waals surface area (Å²) >= 11 is 0. The quantitative estimate of drug-likeness (QED) is 0.871. The molecule has 5 nitrogen and oxygen atoms in total. The van der Waals surface area contributed by atoms with E-state index in [0.29, 0.717) is 13.0 Å². The number of ether oxygens (including phenoxy) is 1. The molecule has 1 atom stereocenters. The Morgan fingerprint density at radius 2 is 1.92 bits per heavy atom. The molecule has 0 fully saturated rings. The third-order valence-electron chi connectivity index (χ3n) is 4.47. The number of anilines is 1. The number of nitrogens with one attached hydrogen (secondary N) is 1. The second-order valence-electron chi connectivity index (χ2n) is 6.33. The van der Waals surface area contributed by atoms with E-state index in [1.165, 1.54) is 7.11 Å². The monoisotopic (exact) mass is 338 g/mol. The molecule has 1 amide bonds. The molecule has 0 spiro atoms. The zero-order chi connectivity index (χ0) is 17.8. The van der Waals surface area contributed by atoms with Gasteiger partial charge in [-0.2, -0.15) is 0 Å². The maximum atomic E-state index is 12.5. The highest BCUT2D eigenvalue weighted by Crippen LogP contribution is 2.24. The fraction of sp³-hybridized carbons (Fsp3) is 0.300. The molecule has 1 aliphatic rings. The lowest BCUT2D eigenvalue weighted by atomic mass is 9.94. The first kappa shape index (κ1) is 17.2. The lowest BCUT2D eigenvalue weighted by Crippen LogP contribution is -2.49. The van der Waals surface area contributed by atoms with Crippen LogP contribution in [-0.2, 0) is 27.3 Å². The van der Waals surface area contributed by atoms with Crippen molar-refractivity contribution in [2.24, 2.45) is 0 Å². The third-order valence-corrected chi connectivity index (χ3v) is 4.47. The van der Waals surface area contributed by atoms with E-state index < -0.39 is 6.04 Å². The van der Waals surface area contributed by atoms with Crippen LogP contribution < -0.4 is 5.32 Å². The number of benzene rings is 2. The average Bonchev–Trinajstić information content (AvgIpc) is 2.60. The Morgan fingerprint density at radius 1 is 1.16 bits per heavy atom. The lowest BCUT2D eigenvalue weighted by molar-refractivity contribution is -0.148. The van der Waals surface area contributed by atoms with Gasteiger partial charge in [0.05, 0.1) is 13.7 Å². The van der Waals surface area contributed by atoms with E-state index in [1.54, 1.807) is 0 Å². The van der Waals surface area contributed by atoms with Gasteiger partial charge >= 0.3 is 5.97 Å². The van der Waals surface area contributed by atoms with E-state index in [2.05, 4.69) is 5.32 Å². The van der Waals surface area contributed by atoms with Crippen LogP contribution in [0, 0.1) is 6.92 Å². The number of methoxy groups -OCH3 is 1. The van der Waals surface area contributed by atoms with Crippen molar-refractivity contribution in [1.29, 1.82) is 0 Å². The molecular weight excluding hydrogens is 316 g/mol. The first-order chi connectivity index (χ1) is 12.1. The van der Waals surface area contributed by atoms with Crippen LogP contribution in [0.3, 0.4) is 0 Å². The van der Waals surface area contributed by atoms with Gasteiger partial charge in [-0.15, -0.1) is 0 Å². The van der Waals surface area contributed by atoms with Crippen LogP contribution in [0.15, 0.2) is 48.5 Å². The number of hydrogen-bond acceptors (Lipinski definition) is 4. The fourth-order valence-electron chi connectivity index (χ4n) is 3.22. The molecule has 1 heterocycles. The maximum absolute atomic E-state index is 12.5. The highest BCUT2D eigenvalue weighted by molar-refractivity contribution is 5.92. The summed E-state index contributed by atoms with van der Waals surface area (Å²) in [4.78, 5) is 26.5. The molecule has 0 aromatic heterocycles. The first-order valence-electron chi connectivity index (χ1n) is 8.32. The Hall–Kier alpha value is -2.66. The third kappa shape index (κ3) is 4.06. The number of hydrogen-bond donors (Lipinski definition) is 1. The summed E-state index contributed by atoms with van der Waals surface area (Å²) in [6.07, 6.45) is 0.556. The normalized spacial score (nSPS) is 16.8. The van der Waals surface area contributed by atoms with Crippen molar-refractivity contribution in [3.63, 3.8) is 0 Å². The number of nitrogens with zero attached hydrogens (tertiary/aromatic N) is 1. The Balaban J connectivity index is 1.74. The van der Waals surface area contributed by atoms with Crippen LogP contribution in [0.25, 0.3) is 0 Å². The van der Waals surface area contributed by atoms with Gasteiger partial charge in [-0.05, 0) is 42.2 Å². The second kappa shape index (κ2) is 7.49. The van der Waals surface area contributed by atoms with E-state index in [4.69, 9.17) is 4.74 Å². The molecule has 0 bridgehead atoms. The largest absolute Gasteiger partial charge is 0.468 e. The summed E-state index contributed by atoms with van der Waals surface area (Å²) in [6, 6.07) is 15.2. The van der Waals surface area contributed by atoms with E-state index in [0.717, 1.165) is 22.4 Å². The lowest BCUT2D eigenvalue weighted by Gasteiger charge is -2.34. The van der Waals surface area contributed by atoms with E-state index in [1.807, 2.05) is 60.4 Å². The molecule has 0 radical (unpaired) electrons. The van der Waals surface area contributed by atoms with Gasteiger partial charge in [-0.25, -0.2) is 0 Å². The smallest absolute Gasteiger partial charge is 0.323 e. The molecule has 1 aliphatic heterocycles. The highest BCUT2D eigenvalue weighted by Gasteiger charge is 2.33. The number of carbonyl (C=O) groups is 2. The summed E-state index contributed by atoms with van der Waals surface area (Å²) in [7, 11) is 1.38. The molecular formula is C20H22N2O3. The minimum atomic E-state index is -0.442. The van der Waals surface area contributed by atoms with E-state index in [9.17, 15) is 9.59 Å². The Morgan fingerprint density at radius 3 is 2.64 bits per heavy atom. The Labute approximate surface area is 147 Å². The molecule has 2 aromatic rings. The Bertz CT molecular complexity index is 788. The van der Waals surface area contributed by atoms with Gasteiger partial charge in [0, 0.05) is 12.2 Å². The molecule has 25 heavy (non-hydrogen) atoms. The van der Waals surface area contributed by atoms with Crippen molar-refractivity contribution in [2.75, 3.05) is 19.0 Å². The molecule has 0 unspecified atom stereocenters. The summed E-state index contributed by atoms with van der Waals surface area (Å²) in [5.74, 6) is -0.447. The van der Waals surface area contributed by atoms with Crippen molar-refractivity contribution < 1.29 is 14.3 Å². The van der Waals surface area contributed by atoms with Crippen LogP contribution >= 0.6 is 0 Å². The summed E-state index contributed by atoms with van der Waals surface area (Å²) in [6.45, 7) is 2.67. The molecule has 3 rings (SSSR count). The van der Waals surface area contributed by atoms with Gasteiger partial charge in [0.25, 0.3) is 0 Å². The van der Waals surface area contributed by atoms with Gasteiger partial charge in [0.1, 0.15) is 6.04 Å². The molecule has 130 valence electrons. The van der Waals surface area contributed by atoms with Crippen molar-refractivity contribution in [3.8, 4) is 0 Å². The maximum Gasteiger partial charge on any atom is 0.323 e. The number of amides is 1. The molecule has 0 saturated carbocycles. The van der Waals surface area contributed by atoms with Crippen LogP contribution in [0.2, 0.25) is 0 Å². The predicted molar refractivity (Wildman–Crippen MR) is 96.2 cm³/mol. The topological polar surface area (TPSA) is 58.6 Å². The number of rotatable bonds is 4. The summed E-state index contributed by atoms with van der Waals surface area (Å²) in [5, 5.41) is 2.90. The predicted octanol–water partition coefficient (Wildman–Crippen LogP) is 2.53. The molecule has 5 heteroatoms. The van der Waals surface area contributed by atoms with Crippen LogP contribution in [0.1, 0.15) is 16.7 Å². The second-order valence-corrected chi connectivity index (χ2v) is 6.33. The van der Waals surface area contributed by atoms with E-state index in [-0.39, 0.29) is 18.4 Å². The first-order valence-corrected chi connectivity index (χ1v) is 8.32. The van der Waals surface area contributed by atoms with Crippen molar-refractivity contribution >= 4 is 17.6 Å². The minimum absolute atomic E-state index is 0.140. The zero-order valence-electron chi connectivity index (χ0n) is 14.5. The van der Waals surface area contributed by atoms with Crippen LogP contribution in [0.4, 0.5) is 5.69 Å². The average molecular weight is 338 g/mol. The van der Waals surface area contributed by atoms with Crippen LogP contribution in [0.5, 0.6) is 0 Å². The van der Waals surface area contributed by atoms with Gasteiger partial charge in [0.2, 0.25) is 5.91 Å². The van der Waals surface area contributed by atoms with Gasteiger partial charge in [-0.1, -0.05) is 36.4 Å². The number of carbonyl (C=O) groups excluding carboxylic acids is 2. The van der Waals surface area contributed by atoms with Crippen molar-refractivity contribution in [3.05, 3.63) is 65.2 Å². The fourth-order valence-corrected chi connectivity index (χ4v) is 3.22. The minimum Gasteiger partial charge on any atom is -0.468 e. The van der Waals surface area contributed by atoms with Gasteiger partial charge in [0.15, 0.2) is 0 Å². The molecule has 1 N–H and O–H groups in total. The molecule has 0 aliphatic carbocycles. The SMILES string of the molecule is COC(=O)[C@H]1Cc2ccccc2CN1CC(=O)Nc1cccc(C)c1. The highest BCUT2D eigenvalue weighted by atomic mass is 16.5. The van der Waals surface area contributed by atoms with Crippen LogP contribution in [-0.4, -0.2) is 36.5 Å². The summed E-state index contributed by atoms with van der Waals surface area (Å²) < 4.78 is 4.94. The van der Waals surface area contributed by atoms with E-state index >= 15 is 0 Å². The summed E-state index contributed by atoms with van der Waals surface area (Å²) in [5.41, 5.74) is 4.12. The molecule has 0 saturated heterocycles. The number of aryl methyl sites for hydroxylation is 1.